The average molecular weight is 418 g/mol. The molecule has 0 spiro atoms. The van der Waals surface area contributed by atoms with E-state index in [4.69, 9.17) is 4.74 Å². The predicted octanol–water partition coefficient (Wildman–Crippen LogP) is 4.42. The number of hydrogen-bond acceptors (Lipinski definition) is 6. The molecule has 0 atom stereocenters. The van der Waals surface area contributed by atoms with Crippen molar-refractivity contribution in [2.24, 2.45) is 0 Å². The number of morpholine rings is 1. The minimum atomic E-state index is 0.706. The molecule has 2 aromatic carbocycles. The molecule has 4 aromatic rings. The monoisotopic (exact) mass is 417 g/mol. The summed E-state index contributed by atoms with van der Waals surface area (Å²) in [5, 5.41) is 11.1. The number of ether oxygens (including phenoxy) is 1. The van der Waals surface area contributed by atoms with Crippen molar-refractivity contribution in [1.29, 1.82) is 0 Å². The molecule has 0 amide bonds. The van der Waals surface area contributed by atoms with E-state index < -0.39 is 0 Å². The van der Waals surface area contributed by atoms with Gasteiger partial charge in [-0.2, -0.15) is 0 Å². The van der Waals surface area contributed by atoms with E-state index in [0.717, 1.165) is 51.4 Å². The van der Waals surface area contributed by atoms with E-state index >= 15 is 0 Å². The molecule has 1 saturated heterocycles. The maximum Gasteiger partial charge on any atom is 0.232 e. The Hall–Kier alpha value is -2.90. The second kappa shape index (κ2) is 8.08. The van der Waals surface area contributed by atoms with Crippen LogP contribution in [0.1, 0.15) is 11.3 Å². The van der Waals surface area contributed by atoms with Gasteiger partial charge < -0.3 is 9.64 Å². The Labute approximate surface area is 179 Å². The summed E-state index contributed by atoms with van der Waals surface area (Å²) >= 11 is 1.63. The lowest BCUT2D eigenvalue weighted by Crippen LogP contribution is -2.37. The van der Waals surface area contributed by atoms with Crippen molar-refractivity contribution in [3.8, 4) is 5.69 Å². The molecule has 0 aliphatic carbocycles. The second-order valence-corrected chi connectivity index (χ2v) is 8.44. The number of nitrogens with zero attached hydrogens (tertiary/aromatic N) is 5. The van der Waals surface area contributed by atoms with E-state index in [0.29, 0.717) is 13.2 Å². The quantitative estimate of drug-likeness (QED) is 0.490. The normalized spacial score (nSPS) is 14.4. The molecule has 5 rings (SSSR count). The van der Waals surface area contributed by atoms with Crippen molar-refractivity contribution >= 4 is 28.6 Å². The summed E-state index contributed by atoms with van der Waals surface area (Å²) in [6.45, 7) is 7.16. The summed E-state index contributed by atoms with van der Waals surface area (Å²) in [7, 11) is 0. The van der Waals surface area contributed by atoms with Crippen molar-refractivity contribution in [3.63, 3.8) is 0 Å². The number of rotatable bonds is 4. The molecule has 1 aliphatic rings. The Morgan fingerprint density at radius 3 is 2.50 bits per heavy atom. The first kappa shape index (κ1) is 19.1. The van der Waals surface area contributed by atoms with E-state index in [-0.39, 0.29) is 0 Å². The van der Waals surface area contributed by atoms with Crippen molar-refractivity contribution in [3.05, 3.63) is 65.9 Å². The third-order valence-corrected chi connectivity index (χ3v) is 6.21. The maximum atomic E-state index is 5.54. The van der Waals surface area contributed by atoms with Gasteiger partial charge in [-0.15, -0.1) is 10.2 Å². The largest absolute Gasteiger partial charge is 0.378 e. The van der Waals surface area contributed by atoms with Crippen LogP contribution in [0.5, 0.6) is 0 Å². The Morgan fingerprint density at radius 1 is 0.933 bits per heavy atom. The van der Waals surface area contributed by atoms with Crippen LogP contribution in [0.2, 0.25) is 0 Å². The van der Waals surface area contributed by atoms with Crippen molar-refractivity contribution in [2.45, 2.75) is 23.9 Å². The first-order chi connectivity index (χ1) is 14.7. The summed E-state index contributed by atoms with van der Waals surface area (Å²) in [5.41, 5.74) is 4.27. The molecular weight excluding hydrogens is 394 g/mol. The van der Waals surface area contributed by atoms with Crippen molar-refractivity contribution in [1.82, 2.24) is 19.7 Å². The van der Waals surface area contributed by atoms with Crippen LogP contribution in [-0.4, -0.2) is 46.1 Å². The predicted molar refractivity (Wildman–Crippen MR) is 120 cm³/mol. The van der Waals surface area contributed by atoms with Gasteiger partial charge >= 0.3 is 0 Å². The fourth-order valence-corrected chi connectivity index (χ4v) is 4.74. The van der Waals surface area contributed by atoms with Gasteiger partial charge in [-0.25, -0.2) is 0 Å². The third kappa shape index (κ3) is 3.66. The number of pyridine rings is 1. The molecule has 0 saturated carbocycles. The molecule has 152 valence electrons. The Bertz CT molecular complexity index is 1180. The van der Waals surface area contributed by atoms with Gasteiger partial charge in [0.1, 0.15) is 0 Å². The number of hydrogen-bond donors (Lipinski definition) is 0. The highest BCUT2D eigenvalue weighted by molar-refractivity contribution is 7.99. The van der Waals surface area contributed by atoms with E-state index in [9.17, 15) is 0 Å². The number of para-hydroxylation sites is 1. The highest BCUT2D eigenvalue weighted by Gasteiger charge is 2.22. The summed E-state index contributed by atoms with van der Waals surface area (Å²) in [6, 6.07) is 18.9. The van der Waals surface area contributed by atoms with E-state index in [1.165, 1.54) is 5.56 Å². The molecule has 1 fully saturated rings. The molecule has 0 radical (unpaired) electrons. The molecule has 0 N–H and O–H groups in total. The van der Waals surface area contributed by atoms with Gasteiger partial charge in [0.2, 0.25) is 11.1 Å². The van der Waals surface area contributed by atoms with Gasteiger partial charge in [0.05, 0.1) is 24.4 Å². The maximum absolute atomic E-state index is 5.54. The summed E-state index contributed by atoms with van der Waals surface area (Å²) in [5.74, 6) is 0.861. The fraction of sp³-hybridized carbons (Fsp3) is 0.261. The topological polar surface area (TPSA) is 56.1 Å². The SMILES string of the molecule is Cc1ccc(-n2c(Sc3cc(C)nc4ccccc34)nnc2N2CCOCC2)cc1. The lowest BCUT2D eigenvalue weighted by atomic mass is 10.2. The van der Waals surface area contributed by atoms with Crippen LogP contribution >= 0.6 is 11.8 Å². The van der Waals surface area contributed by atoms with Crippen LogP contribution in [0.25, 0.3) is 16.6 Å². The van der Waals surface area contributed by atoms with Crippen LogP contribution in [0.15, 0.2) is 64.6 Å². The average Bonchev–Trinajstić information content (AvgIpc) is 3.18. The van der Waals surface area contributed by atoms with E-state index in [1.54, 1.807) is 11.8 Å². The van der Waals surface area contributed by atoms with Crippen LogP contribution in [-0.2, 0) is 4.74 Å². The third-order valence-electron chi connectivity index (χ3n) is 5.21. The molecular formula is C23H23N5OS. The second-order valence-electron chi connectivity index (χ2n) is 7.43. The van der Waals surface area contributed by atoms with Gasteiger partial charge in [0.15, 0.2) is 0 Å². The Morgan fingerprint density at radius 2 is 1.70 bits per heavy atom. The molecule has 0 unspecified atom stereocenters. The number of aryl methyl sites for hydroxylation is 2. The smallest absolute Gasteiger partial charge is 0.232 e. The highest BCUT2D eigenvalue weighted by Crippen LogP contribution is 2.35. The van der Waals surface area contributed by atoms with Crippen molar-refractivity contribution in [2.75, 3.05) is 31.2 Å². The molecule has 30 heavy (non-hydrogen) atoms. The first-order valence-corrected chi connectivity index (χ1v) is 10.9. The summed E-state index contributed by atoms with van der Waals surface area (Å²) < 4.78 is 7.69. The molecule has 3 heterocycles. The standard InChI is InChI=1S/C23H23N5OS/c1-16-7-9-18(10-8-16)28-22(27-11-13-29-14-12-27)25-26-23(28)30-21-15-17(2)24-20-6-4-3-5-19(20)21/h3-10,15H,11-14H2,1-2H3. The van der Waals surface area contributed by atoms with E-state index in [1.807, 2.05) is 19.1 Å². The number of benzene rings is 2. The lowest BCUT2D eigenvalue weighted by molar-refractivity contribution is 0.122. The number of fused-ring (bicyclic) bond motifs is 1. The van der Waals surface area contributed by atoms with Gasteiger partial charge in [-0.3, -0.25) is 9.55 Å². The van der Waals surface area contributed by atoms with Gasteiger partial charge in [-0.1, -0.05) is 35.9 Å². The molecule has 2 aromatic heterocycles. The fourth-order valence-electron chi connectivity index (χ4n) is 3.67. The van der Waals surface area contributed by atoms with Crippen LogP contribution < -0.4 is 4.90 Å². The number of anilines is 1. The highest BCUT2D eigenvalue weighted by atomic mass is 32.2. The number of aromatic nitrogens is 4. The first-order valence-electron chi connectivity index (χ1n) is 10.1. The summed E-state index contributed by atoms with van der Waals surface area (Å²) in [4.78, 5) is 8.05. The zero-order valence-electron chi connectivity index (χ0n) is 17.1. The Kier molecular flexibility index (Phi) is 5.14. The van der Waals surface area contributed by atoms with Gasteiger partial charge in [-0.05, 0) is 49.9 Å². The van der Waals surface area contributed by atoms with E-state index in [2.05, 4.69) is 74.0 Å². The minimum absolute atomic E-state index is 0.706. The van der Waals surface area contributed by atoms with Crippen LogP contribution in [0.3, 0.4) is 0 Å². The zero-order valence-corrected chi connectivity index (χ0v) is 17.9. The lowest BCUT2D eigenvalue weighted by Gasteiger charge is -2.28. The Balaban J connectivity index is 1.62. The van der Waals surface area contributed by atoms with Crippen molar-refractivity contribution < 1.29 is 4.74 Å². The van der Waals surface area contributed by atoms with Gasteiger partial charge in [0, 0.05) is 29.1 Å². The zero-order chi connectivity index (χ0) is 20.5. The molecule has 1 aliphatic heterocycles. The molecule has 0 bridgehead atoms. The minimum Gasteiger partial charge on any atom is -0.378 e. The molecule has 6 nitrogen and oxygen atoms in total. The molecule has 7 heteroatoms. The summed E-state index contributed by atoms with van der Waals surface area (Å²) in [6.07, 6.45) is 0. The van der Waals surface area contributed by atoms with Gasteiger partial charge in [0.25, 0.3) is 0 Å². The van der Waals surface area contributed by atoms with Crippen LogP contribution in [0, 0.1) is 13.8 Å². The van der Waals surface area contributed by atoms with Crippen LogP contribution in [0.4, 0.5) is 5.95 Å².